The van der Waals surface area contributed by atoms with Gasteiger partial charge < -0.3 is 20.5 Å². The van der Waals surface area contributed by atoms with Crippen molar-refractivity contribution in [3.8, 4) is 23.1 Å². The third kappa shape index (κ3) is 4.03. The number of rotatable bonds is 3. The number of amides is 2. The number of aromatic nitrogens is 2. The molecule has 3 N–H and O–H groups in total. The minimum absolute atomic E-state index is 0.421. The van der Waals surface area contributed by atoms with Gasteiger partial charge in [0, 0.05) is 29.6 Å². The molecule has 2 atom stereocenters. The number of aryl methyl sites for hydroxylation is 2. The summed E-state index contributed by atoms with van der Waals surface area (Å²) < 4.78 is 7.69. The second-order valence-electron chi connectivity index (χ2n) is 8.47. The van der Waals surface area contributed by atoms with Crippen molar-refractivity contribution in [1.82, 2.24) is 15.1 Å². The standard InChI is InChI=1S/C24H25N5O3/c1-14-10-19(28-29(14)4)16-6-5-7-17(12-16)26-23(31)27-21-18-11-15(13-25)8-9-20(18)32-24(2,3)22(21)30/h5-12,21-22,30H,1-4H3,(H2,26,27,31)/t21-,22+/m1/s1. The highest BCUT2D eigenvalue weighted by Gasteiger charge is 2.43. The van der Waals surface area contributed by atoms with E-state index in [0.717, 1.165) is 17.0 Å². The van der Waals surface area contributed by atoms with E-state index in [4.69, 9.17) is 4.74 Å². The molecule has 3 aromatic rings. The number of anilines is 1. The van der Waals surface area contributed by atoms with Gasteiger partial charge in [-0.15, -0.1) is 0 Å². The number of benzene rings is 2. The summed E-state index contributed by atoms with van der Waals surface area (Å²) in [6, 6.07) is 15.2. The fourth-order valence-electron chi connectivity index (χ4n) is 3.79. The summed E-state index contributed by atoms with van der Waals surface area (Å²) in [6.45, 7) is 5.48. The predicted molar refractivity (Wildman–Crippen MR) is 120 cm³/mol. The van der Waals surface area contributed by atoms with Gasteiger partial charge in [0.05, 0.1) is 23.4 Å². The maximum Gasteiger partial charge on any atom is 0.319 e. The third-order valence-corrected chi connectivity index (χ3v) is 5.69. The lowest BCUT2D eigenvalue weighted by Gasteiger charge is -2.42. The Labute approximate surface area is 186 Å². The maximum absolute atomic E-state index is 12.8. The molecule has 0 spiro atoms. The van der Waals surface area contributed by atoms with Gasteiger partial charge in [0.15, 0.2) is 0 Å². The Bertz CT molecular complexity index is 1210. The molecule has 164 valence electrons. The smallest absolute Gasteiger partial charge is 0.319 e. The Morgan fingerprint density at radius 3 is 2.72 bits per heavy atom. The highest BCUT2D eigenvalue weighted by Crippen LogP contribution is 2.40. The summed E-state index contributed by atoms with van der Waals surface area (Å²) in [5, 5.41) is 30.3. The van der Waals surface area contributed by atoms with Crippen LogP contribution in [0, 0.1) is 18.3 Å². The second kappa shape index (κ2) is 8.02. The molecule has 2 amide bonds. The zero-order valence-electron chi connectivity index (χ0n) is 18.4. The Hall–Kier alpha value is -3.83. The van der Waals surface area contributed by atoms with Crippen LogP contribution in [0.4, 0.5) is 10.5 Å². The van der Waals surface area contributed by atoms with E-state index in [1.54, 1.807) is 42.8 Å². The molecular formula is C24H25N5O3. The van der Waals surface area contributed by atoms with E-state index in [1.165, 1.54) is 0 Å². The quantitative estimate of drug-likeness (QED) is 0.586. The van der Waals surface area contributed by atoms with Crippen LogP contribution in [0.1, 0.15) is 36.7 Å². The van der Waals surface area contributed by atoms with Crippen LogP contribution in [0.15, 0.2) is 48.5 Å². The van der Waals surface area contributed by atoms with Gasteiger partial charge in [0.1, 0.15) is 17.5 Å². The van der Waals surface area contributed by atoms with Gasteiger partial charge in [0.25, 0.3) is 0 Å². The van der Waals surface area contributed by atoms with Crippen molar-refractivity contribution in [2.24, 2.45) is 7.05 Å². The fourth-order valence-corrected chi connectivity index (χ4v) is 3.79. The van der Waals surface area contributed by atoms with Crippen molar-refractivity contribution < 1.29 is 14.6 Å². The minimum Gasteiger partial charge on any atom is -0.485 e. The van der Waals surface area contributed by atoms with Crippen molar-refractivity contribution in [3.63, 3.8) is 0 Å². The van der Waals surface area contributed by atoms with Crippen LogP contribution >= 0.6 is 0 Å². The summed E-state index contributed by atoms with van der Waals surface area (Å²) in [6.07, 6.45) is -1.02. The number of nitriles is 1. The van der Waals surface area contributed by atoms with Gasteiger partial charge in [-0.1, -0.05) is 12.1 Å². The Morgan fingerprint density at radius 2 is 2.03 bits per heavy atom. The van der Waals surface area contributed by atoms with Crippen LogP contribution in [0.2, 0.25) is 0 Å². The molecule has 1 aliphatic rings. The number of nitrogens with one attached hydrogen (secondary N) is 2. The lowest BCUT2D eigenvalue weighted by atomic mass is 9.86. The van der Waals surface area contributed by atoms with Crippen molar-refractivity contribution >= 4 is 11.7 Å². The van der Waals surface area contributed by atoms with E-state index in [9.17, 15) is 15.2 Å². The SMILES string of the molecule is Cc1cc(-c2cccc(NC(=O)N[C@@H]3c4cc(C#N)ccc4OC(C)(C)[C@H]3O)c2)nn1C. The molecule has 8 nitrogen and oxygen atoms in total. The summed E-state index contributed by atoms with van der Waals surface area (Å²) in [5.74, 6) is 0.525. The zero-order valence-corrected chi connectivity index (χ0v) is 18.4. The van der Waals surface area contributed by atoms with Crippen LogP contribution in [-0.4, -0.2) is 32.6 Å². The number of carbonyl (C=O) groups excluding carboxylic acids is 1. The Kier molecular flexibility index (Phi) is 5.36. The molecule has 0 saturated carbocycles. The van der Waals surface area contributed by atoms with Crippen molar-refractivity contribution in [2.75, 3.05) is 5.32 Å². The molecule has 0 radical (unpaired) electrons. The number of ether oxygens (including phenoxy) is 1. The summed E-state index contributed by atoms with van der Waals surface area (Å²) in [7, 11) is 1.88. The Balaban J connectivity index is 1.57. The van der Waals surface area contributed by atoms with E-state index < -0.39 is 23.8 Å². The van der Waals surface area contributed by atoms with Crippen molar-refractivity contribution in [1.29, 1.82) is 5.26 Å². The largest absolute Gasteiger partial charge is 0.485 e. The Morgan fingerprint density at radius 1 is 1.25 bits per heavy atom. The van der Waals surface area contributed by atoms with E-state index in [-0.39, 0.29) is 0 Å². The number of aliphatic hydroxyl groups is 1. The van der Waals surface area contributed by atoms with Gasteiger partial charge in [-0.05, 0) is 57.2 Å². The van der Waals surface area contributed by atoms with E-state index >= 15 is 0 Å². The van der Waals surface area contributed by atoms with Gasteiger partial charge in [0.2, 0.25) is 0 Å². The minimum atomic E-state index is -1.02. The normalized spacial score (nSPS) is 18.8. The van der Waals surface area contributed by atoms with Crippen molar-refractivity contribution in [3.05, 3.63) is 65.4 Å². The first-order valence-electron chi connectivity index (χ1n) is 10.3. The van der Waals surface area contributed by atoms with Crippen LogP contribution in [0.3, 0.4) is 0 Å². The van der Waals surface area contributed by atoms with E-state index in [1.807, 2.05) is 38.2 Å². The summed E-state index contributed by atoms with van der Waals surface area (Å²) in [5.41, 5.74) is 3.37. The average molecular weight is 431 g/mol. The van der Waals surface area contributed by atoms with Gasteiger partial charge in [-0.3, -0.25) is 4.68 Å². The first kappa shape index (κ1) is 21.4. The topological polar surface area (TPSA) is 112 Å². The number of fused-ring (bicyclic) bond motifs is 1. The number of hydrogen-bond acceptors (Lipinski definition) is 5. The molecule has 0 saturated heterocycles. The number of aliphatic hydroxyl groups excluding tert-OH is 1. The number of urea groups is 1. The monoisotopic (exact) mass is 431 g/mol. The van der Waals surface area contributed by atoms with E-state index in [2.05, 4.69) is 21.8 Å². The molecule has 0 unspecified atom stereocenters. The molecule has 4 rings (SSSR count). The predicted octanol–water partition coefficient (Wildman–Crippen LogP) is 3.66. The summed E-state index contributed by atoms with van der Waals surface area (Å²) in [4.78, 5) is 12.8. The van der Waals surface area contributed by atoms with Crippen LogP contribution < -0.4 is 15.4 Å². The molecule has 0 bridgehead atoms. The molecule has 1 aromatic heterocycles. The number of carbonyl (C=O) groups is 1. The maximum atomic E-state index is 12.8. The highest BCUT2D eigenvalue weighted by atomic mass is 16.5. The van der Waals surface area contributed by atoms with Crippen LogP contribution in [0.5, 0.6) is 5.75 Å². The van der Waals surface area contributed by atoms with E-state index in [0.29, 0.717) is 22.6 Å². The molecular weight excluding hydrogens is 406 g/mol. The highest BCUT2D eigenvalue weighted by molar-refractivity contribution is 5.90. The number of hydrogen-bond donors (Lipinski definition) is 3. The van der Waals surface area contributed by atoms with Gasteiger partial charge in [-0.25, -0.2) is 4.79 Å². The fraction of sp³-hybridized carbons (Fsp3) is 0.292. The zero-order chi connectivity index (χ0) is 23.0. The third-order valence-electron chi connectivity index (χ3n) is 5.69. The summed E-state index contributed by atoms with van der Waals surface area (Å²) >= 11 is 0. The molecule has 1 aliphatic heterocycles. The van der Waals surface area contributed by atoms with Crippen LogP contribution in [0.25, 0.3) is 11.3 Å². The first-order valence-corrected chi connectivity index (χ1v) is 10.3. The van der Waals surface area contributed by atoms with Gasteiger partial charge in [-0.2, -0.15) is 10.4 Å². The average Bonchev–Trinajstić information content (AvgIpc) is 3.09. The molecule has 2 heterocycles. The second-order valence-corrected chi connectivity index (χ2v) is 8.47. The lowest BCUT2D eigenvalue weighted by molar-refractivity contribution is -0.0618. The molecule has 0 fully saturated rings. The van der Waals surface area contributed by atoms with Crippen LogP contribution in [-0.2, 0) is 7.05 Å². The molecule has 32 heavy (non-hydrogen) atoms. The first-order chi connectivity index (χ1) is 15.2. The number of nitrogens with zero attached hydrogens (tertiary/aromatic N) is 3. The van der Waals surface area contributed by atoms with Crippen molar-refractivity contribution in [2.45, 2.75) is 38.5 Å². The molecule has 8 heteroatoms. The molecule has 0 aliphatic carbocycles. The molecule has 2 aromatic carbocycles. The lowest BCUT2D eigenvalue weighted by Crippen LogP contribution is -2.54. The van der Waals surface area contributed by atoms with Gasteiger partial charge >= 0.3 is 6.03 Å².